The zero-order valence-corrected chi connectivity index (χ0v) is 13.5. The van der Waals surface area contributed by atoms with Crippen molar-refractivity contribution in [3.05, 3.63) is 24.4 Å². The first kappa shape index (κ1) is 14.1. The smallest absolute Gasteiger partial charge is 0.208 e. The van der Waals surface area contributed by atoms with Gasteiger partial charge < -0.3 is 4.90 Å². The fraction of sp³-hybridized carbons (Fsp3) is 0.562. The summed E-state index contributed by atoms with van der Waals surface area (Å²) >= 11 is 1.66. The maximum Gasteiger partial charge on any atom is 0.208 e. The lowest BCUT2D eigenvalue weighted by Gasteiger charge is -2.37. The van der Waals surface area contributed by atoms with Gasteiger partial charge in [-0.05, 0) is 50.9 Å². The molecule has 0 aromatic carbocycles. The van der Waals surface area contributed by atoms with Gasteiger partial charge in [0.15, 0.2) is 5.01 Å². The van der Waals surface area contributed by atoms with Crippen molar-refractivity contribution >= 4 is 16.5 Å². The molecule has 0 saturated carbocycles. The van der Waals surface area contributed by atoms with Crippen molar-refractivity contribution in [3.8, 4) is 10.7 Å². The van der Waals surface area contributed by atoms with E-state index in [2.05, 4.69) is 25.0 Å². The lowest BCUT2D eigenvalue weighted by molar-refractivity contribution is 0.215. The molecule has 2 aromatic rings. The van der Waals surface area contributed by atoms with Gasteiger partial charge in [0.05, 0.1) is 0 Å². The highest BCUT2D eigenvalue weighted by molar-refractivity contribution is 7.18. The van der Waals surface area contributed by atoms with E-state index in [1.165, 1.54) is 38.8 Å². The third kappa shape index (κ3) is 2.85. The molecule has 4 rings (SSSR count). The van der Waals surface area contributed by atoms with Gasteiger partial charge in [0, 0.05) is 25.3 Å². The summed E-state index contributed by atoms with van der Waals surface area (Å²) in [5, 5.41) is 10.7. The molecule has 116 valence electrons. The molecule has 22 heavy (non-hydrogen) atoms. The third-order valence-electron chi connectivity index (χ3n) is 4.62. The fourth-order valence-electron chi connectivity index (χ4n) is 3.47. The van der Waals surface area contributed by atoms with Gasteiger partial charge in [0.1, 0.15) is 5.69 Å². The van der Waals surface area contributed by atoms with Crippen LogP contribution >= 0.6 is 11.3 Å². The maximum atomic E-state index is 4.41. The number of hydrogen-bond donors (Lipinski definition) is 0. The standard InChI is InChI=1S/C16H21N5S/c1-2-8-17-14(7-1)15-18-19-16(22-15)21-11-5-6-13(12-21)20-9-3-4-10-20/h1-2,7-8,13H,3-6,9-12H2. The second-order valence-corrected chi connectivity index (χ2v) is 7.05. The molecule has 2 aliphatic heterocycles. The van der Waals surface area contributed by atoms with E-state index in [-0.39, 0.29) is 0 Å². The Morgan fingerprint density at radius 3 is 2.77 bits per heavy atom. The minimum Gasteiger partial charge on any atom is -0.345 e. The number of pyridine rings is 1. The van der Waals surface area contributed by atoms with Gasteiger partial charge in [-0.3, -0.25) is 9.88 Å². The number of rotatable bonds is 3. The Hall–Kier alpha value is -1.53. The summed E-state index contributed by atoms with van der Waals surface area (Å²) in [5.41, 5.74) is 0.916. The first-order chi connectivity index (χ1) is 10.9. The molecule has 6 heteroatoms. The SMILES string of the molecule is c1ccc(-c2nnc(N3CCCC(N4CCCC4)C3)s2)nc1. The number of piperidine rings is 1. The number of aromatic nitrogens is 3. The lowest BCUT2D eigenvalue weighted by atomic mass is 10.1. The Morgan fingerprint density at radius 1 is 1.05 bits per heavy atom. The van der Waals surface area contributed by atoms with Crippen LogP contribution in [0.1, 0.15) is 25.7 Å². The van der Waals surface area contributed by atoms with Gasteiger partial charge in [-0.15, -0.1) is 10.2 Å². The normalized spacial score (nSPS) is 23.1. The summed E-state index contributed by atoms with van der Waals surface area (Å²) in [6.07, 6.45) is 7.10. The Morgan fingerprint density at radius 2 is 1.95 bits per heavy atom. The number of hydrogen-bond acceptors (Lipinski definition) is 6. The maximum absolute atomic E-state index is 4.41. The van der Waals surface area contributed by atoms with Crippen molar-refractivity contribution in [2.45, 2.75) is 31.7 Å². The van der Waals surface area contributed by atoms with Crippen molar-refractivity contribution < 1.29 is 0 Å². The van der Waals surface area contributed by atoms with Crippen LogP contribution in [0.2, 0.25) is 0 Å². The van der Waals surface area contributed by atoms with Crippen molar-refractivity contribution in [3.63, 3.8) is 0 Å². The topological polar surface area (TPSA) is 45.2 Å². The molecule has 5 nitrogen and oxygen atoms in total. The fourth-order valence-corrected chi connectivity index (χ4v) is 4.33. The zero-order chi connectivity index (χ0) is 14.8. The van der Waals surface area contributed by atoms with Crippen molar-refractivity contribution in [2.24, 2.45) is 0 Å². The van der Waals surface area contributed by atoms with Crippen LogP contribution in [-0.2, 0) is 0 Å². The highest BCUT2D eigenvalue weighted by Crippen LogP contribution is 2.30. The second-order valence-electron chi connectivity index (χ2n) is 6.09. The molecule has 1 atom stereocenters. The molecule has 0 radical (unpaired) electrons. The van der Waals surface area contributed by atoms with Crippen LogP contribution in [0.5, 0.6) is 0 Å². The molecule has 1 unspecified atom stereocenters. The molecule has 0 spiro atoms. The van der Waals surface area contributed by atoms with E-state index in [1.807, 2.05) is 18.2 Å². The van der Waals surface area contributed by atoms with E-state index in [1.54, 1.807) is 17.5 Å². The Balaban J connectivity index is 1.48. The van der Waals surface area contributed by atoms with Crippen LogP contribution in [0.25, 0.3) is 10.7 Å². The Kier molecular flexibility index (Phi) is 4.03. The van der Waals surface area contributed by atoms with Gasteiger partial charge in [0.25, 0.3) is 0 Å². The summed E-state index contributed by atoms with van der Waals surface area (Å²) in [7, 11) is 0. The van der Waals surface area contributed by atoms with Crippen LogP contribution in [0, 0.1) is 0 Å². The highest BCUT2D eigenvalue weighted by atomic mass is 32.1. The largest absolute Gasteiger partial charge is 0.345 e. The van der Waals surface area contributed by atoms with Crippen LogP contribution in [-0.4, -0.2) is 52.3 Å². The van der Waals surface area contributed by atoms with E-state index < -0.39 is 0 Å². The summed E-state index contributed by atoms with van der Waals surface area (Å²) in [4.78, 5) is 9.44. The number of nitrogens with zero attached hydrogens (tertiary/aromatic N) is 5. The van der Waals surface area contributed by atoms with E-state index in [0.29, 0.717) is 6.04 Å². The quantitative estimate of drug-likeness (QED) is 0.871. The molecule has 0 bridgehead atoms. The Bertz CT molecular complexity index is 608. The zero-order valence-electron chi connectivity index (χ0n) is 12.7. The summed E-state index contributed by atoms with van der Waals surface area (Å²) in [6.45, 7) is 4.74. The predicted octanol–water partition coefficient (Wildman–Crippen LogP) is 2.66. The molecule has 0 N–H and O–H groups in total. The summed E-state index contributed by atoms with van der Waals surface area (Å²) in [5.74, 6) is 0. The first-order valence-corrected chi connectivity index (χ1v) is 8.96. The third-order valence-corrected chi connectivity index (χ3v) is 5.63. The number of likely N-dealkylation sites (tertiary alicyclic amines) is 1. The average Bonchev–Trinajstić information content (AvgIpc) is 3.28. The minimum absolute atomic E-state index is 0.693. The molecule has 0 aliphatic carbocycles. The average molecular weight is 315 g/mol. The molecule has 4 heterocycles. The predicted molar refractivity (Wildman–Crippen MR) is 89.2 cm³/mol. The van der Waals surface area contributed by atoms with Crippen LogP contribution < -0.4 is 4.90 Å². The van der Waals surface area contributed by atoms with E-state index in [4.69, 9.17) is 0 Å². The first-order valence-electron chi connectivity index (χ1n) is 8.14. The van der Waals surface area contributed by atoms with Crippen molar-refractivity contribution in [2.75, 3.05) is 31.1 Å². The van der Waals surface area contributed by atoms with Gasteiger partial charge in [-0.25, -0.2) is 0 Å². The molecule has 2 aliphatic rings. The number of anilines is 1. The van der Waals surface area contributed by atoms with Gasteiger partial charge >= 0.3 is 0 Å². The molecule has 2 aromatic heterocycles. The summed E-state index contributed by atoms with van der Waals surface area (Å²) < 4.78 is 0. The monoisotopic (exact) mass is 315 g/mol. The lowest BCUT2D eigenvalue weighted by Crippen LogP contribution is -2.47. The van der Waals surface area contributed by atoms with Crippen molar-refractivity contribution in [1.82, 2.24) is 20.1 Å². The molecular weight excluding hydrogens is 294 g/mol. The molecule has 0 amide bonds. The van der Waals surface area contributed by atoms with E-state index >= 15 is 0 Å². The minimum atomic E-state index is 0.693. The van der Waals surface area contributed by atoms with Crippen LogP contribution in [0.3, 0.4) is 0 Å². The molecule has 2 fully saturated rings. The van der Waals surface area contributed by atoms with E-state index in [9.17, 15) is 0 Å². The second kappa shape index (κ2) is 6.30. The van der Waals surface area contributed by atoms with Gasteiger partial charge in [-0.1, -0.05) is 17.4 Å². The van der Waals surface area contributed by atoms with Crippen LogP contribution in [0.4, 0.5) is 5.13 Å². The van der Waals surface area contributed by atoms with Crippen molar-refractivity contribution in [1.29, 1.82) is 0 Å². The van der Waals surface area contributed by atoms with Crippen LogP contribution in [0.15, 0.2) is 24.4 Å². The molecule has 2 saturated heterocycles. The highest BCUT2D eigenvalue weighted by Gasteiger charge is 2.28. The Labute approximate surface area is 135 Å². The van der Waals surface area contributed by atoms with E-state index in [0.717, 1.165) is 28.9 Å². The molecular formula is C16H21N5S. The van der Waals surface area contributed by atoms with Gasteiger partial charge in [0.2, 0.25) is 5.13 Å². The summed E-state index contributed by atoms with van der Waals surface area (Å²) in [6, 6.07) is 6.61. The van der Waals surface area contributed by atoms with Gasteiger partial charge in [-0.2, -0.15) is 0 Å².